The average Bonchev–Trinajstić information content (AvgIpc) is 2.64. The van der Waals surface area contributed by atoms with Gasteiger partial charge in [-0.3, -0.25) is 0 Å². The molecule has 0 atom stereocenters. The molecule has 0 aliphatic carbocycles. The molecule has 0 spiro atoms. The van der Waals surface area contributed by atoms with E-state index >= 15 is 0 Å². The van der Waals surface area contributed by atoms with Crippen LogP contribution in [0.25, 0.3) is 0 Å². The van der Waals surface area contributed by atoms with Crippen molar-refractivity contribution in [1.82, 2.24) is 4.31 Å². The van der Waals surface area contributed by atoms with E-state index in [0.717, 1.165) is 16.3 Å². The zero-order chi connectivity index (χ0) is 18.0. The summed E-state index contributed by atoms with van der Waals surface area (Å²) in [6.07, 6.45) is 0. The Labute approximate surface area is 153 Å². The minimum Gasteiger partial charge on any atom is -0.497 e. The van der Waals surface area contributed by atoms with Gasteiger partial charge in [0.05, 0.1) is 12.0 Å². The minimum absolute atomic E-state index is 0.292. The van der Waals surface area contributed by atoms with Crippen molar-refractivity contribution in [3.05, 3.63) is 53.1 Å². The average molecular weight is 381 g/mol. The summed E-state index contributed by atoms with van der Waals surface area (Å²) >= 11 is 6.20. The molecule has 5 nitrogen and oxygen atoms in total. The summed E-state index contributed by atoms with van der Waals surface area (Å²) in [6, 6.07) is 12.3. The Balaban J connectivity index is 1.73. The van der Waals surface area contributed by atoms with Gasteiger partial charge >= 0.3 is 0 Å². The molecule has 1 aliphatic rings. The van der Waals surface area contributed by atoms with E-state index in [2.05, 4.69) is 4.90 Å². The second kappa shape index (κ2) is 7.23. The van der Waals surface area contributed by atoms with Crippen LogP contribution in [-0.4, -0.2) is 46.0 Å². The first-order valence-electron chi connectivity index (χ1n) is 8.08. The lowest BCUT2D eigenvalue weighted by Gasteiger charge is -2.36. The molecule has 25 heavy (non-hydrogen) atoms. The molecule has 1 saturated heterocycles. The second-order valence-corrected chi connectivity index (χ2v) is 8.30. The molecular formula is C18H21ClN2O3S. The topological polar surface area (TPSA) is 49.9 Å². The van der Waals surface area contributed by atoms with Crippen molar-refractivity contribution in [2.24, 2.45) is 0 Å². The van der Waals surface area contributed by atoms with Crippen LogP contribution < -0.4 is 9.64 Å². The third-order valence-corrected chi connectivity index (χ3v) is 6.84. The van der Waals surface area contributed by atoms with Crippen molar-refractivity contribution >= 4 is 27.3 Å². The van der Waals surface area contributed by atoms with Crippen LogP contribution in [0.2, 0.25) is 5.02 Å². The Bertz CT molecular complexity index is 845. The van der Waals surface area contributed by atoms with Gasteiger partial charge in [0.25, 0.3) is 0 Å². The van der Waals surface area contributed by atoms with Crippen LogP contribution in [0.1, 0.15) is 5.56 Å². The molecule has 3 rings (SSSR count). The summed E-state index contributed by atoms with van der Waals surface area (Å²) in [6.45, 7) is 4.14. The SMILES string of the molecule is COc1ccc(S(=O)(=O)N2CCN(c3cccc(Cl)c3C)CC2)cc1. The van der Waals surface area contributed by atoms with Crippen LogP contribution >= 0.6 is 11.6 Å². The molecule has 0 saturated carbocycles. The predicted molar refractivity (Wildman–Crippen MR) is 100 cm³/mol. The standard InChI is InChI=1S/C18H21ClN2O3S/c1-14-17(19)4-3-5-18(14)20-10-12-21(13-11-20)25(22,23)16-8-6-15(24-2)7-9-16/h3-9H,10-13H2,1-2H3. The van der Waals surface area contributed by atoms with Gasteiger partial charge in [0.1, 0.15) is 5.75 Å². The van der Waals surface area contributed by atoms with Crippen LogP contribution in [-0.2, 0) is 10.0 Å². The molecule has 2 aromatic rings. The summed E-state index contributed by atoms with van der Waals surface area (Å²) in [5, 5.41) is 0.728. The van der Waals surface area contributed by atoms with Crippen molar-refractivity contribution < 1.29 is 13.2 Å². The highest BCUT2D eigenvalue weighted by Gasteiger charge is 2.29. The molecule has 0 aromatic heterocycles. The lowest BCUT2D eigenvalue weighted by molar-refractivity contribution is 0.384. The Kier molecular flexibility index (Phi) is 5.22. The Hall–Kier alpha value is -1.76. The molecule has 7 heteroatoms. The van der Waals surface area contributed by atoms with Crippen molar-refractivity contribution in [3.63, 3.8) is 0 Å². The first-order valence-corrected chi connectivity index (χ1v) is 9.89. The number of hydrogen-bond acceptors (Lipinski definition) is 4. The van der Waals surface area contributed by atoms with Crippen LogP contribution in [0.15, 0.2) is 47.4 Å². The number of hydrogen-bond donors (Lipinski definition) is 0. The highest BCUT2D eigenvalue weighted by Crippen LogP contribution is 2.28. The number of anilines is 1. The molecule has 0 radical (unpaired) electrons. The third-order valence-electron chi connectivity index (χ3n) is 4.52. The fourth-order valence-electron chi connectivity index (χ4n) is 3.00. The number of methoxy groups -OCH3 is 1. The maximum Gasteiger partial charge on any atom is 0.243 e. The molecule has 0 bridgehead atoms. The highest BCUT2D eigenvalue weighted by atomic mass is 35.5. The maximum atomic E-state index is 12.8. The van der Waals surface area contributed by atoms with Crippen molar-refractivity contribution in [3.8, 4) is 5.75 Å². The first-order chi connectivity index (χ1) is 11.9. The lowest BCUT2D eigenvalue weighted by Crippen LogP contribution is -2.48. The van der Waals surface area contributed by atoms with Gasteiger partial charge in [0.15, 0.2) is 0 Å². The number of piperazine rings is 1. The normalized spacial score (nSPS) is 16.0. The Morgan fingerprint density at radius 2 is 1.64 bits per heavy atom. The molecule has 1 aliphatic heterocycles. The van der Waals surface area contributed by atoms with Crippen LogP contribution in [0.5, 0.6) is 5.75 Å². The monoisotopic (exact) mass is 380 g/mol. The second-order valence-electron chi connectivity index (χ2n) is 5.95. The zero-order valence-electron chi connectivity index (χ0n) is 14.3. The van der Waals surface area contributed by atoms with Gasteiger partial charge in [-0.05, 0) is 48.9 Å². The molecule has 0 amide bonds. The van der Waals surface area contributed by atoms with E-state index in [1.165, 1.54) is 4.31 Å². The number of rotatable bonds is 4. The smallest absolute Gasteiger partial charge is 0.243 e. The van der Waals surface area contributed by atoms with Gasteiger partial charge in [-0.15, -0.1) is 0 Å². The largest absolute Gasteiger partial charge is 0.497 e. The molecular weight excluding hydrogens is 360 g/mol. The van der Waals surface area contributed by atoms with Crippen LogP contribution in [0.3, 0.4) is 0 Å². The van der Waals surface area contributed by atoms with Crippen LogP contribution in [0.4, 0.5) is 5.69 Å². The Morgan fingerprint density at radius 1 is 1.00 bits per heavy atom. The minimum atomic E-state index is -3.49. The fraction of sp³-hybridized carbons (Fsp3) is 0.333. The van der Waals surface area contributed by atoms with Gasteiger partial charge in [-0.2, -0.15) is 4.31 Å². The number of halogens is 1. The molecule has 2 aromatic carbocycles. The number of benzene rings is 2. The van der Waals surface area contributed by atoms with E-state index in [1.54, 1.807) is 31.4 Å². The van der Waals surface area contributed by atoms with Crippen LogP contribution in [0, 0.1) is 6.92 Å². The number of nitrogens with zero attached hydrogens (tertiary/aromatic N) is 2. The van der Waals surface area contributed by atoms with Gasteiger partial charge < -0.3 is 9.64 Å². The summed E-state index contributed by atoms with van der Waals surface area (Å²) in [5.41, 5.74) is 2.09. The van der Waals surface area contributed by atoms with E-state index < -0.39 is 10.0 Å². The summed E-state index contributed by atoms with van der Waals surface area (Å²) in [5.74, 6) is 0.639. The molecule has 1 heterocycles. The van der Waals surface area contributed by atoms with Gasteiger partial charge in [0.2, 0.25) is 10.0 Å². The predicted octanol–water partition coefficient (Wildman–Crippen LogP) is 3.17. The maximum absolute atomic E-state index is 12.8. The van der Waals surface area contributed by atoms with E-state index in [-0.39, 0.29) is 0 Å². The summed E-state index contributed by atoms with van der Waals surface area (Å²) in [4.78, 5) is 2.47. The Morgan fingerprint density at radius 3 is 2.24 bits per heavy atom. The van der Waals surface area contributed by atoms with Crippen molar-refractivity contribution in [2.75, 3.05) is 38.2 Å². The molecule has 134 valence electrons. The van der Waals surface area contributed by atoms with Gasteiger partial charge in [0, 0.05) is 36.9 Å². The van der Waals surface area contributed by atoms with E-state index in [1.807, 2.05) is 25.1 Å². The quantitative estimate of drug-likeness (QED) is 0.817. The molecule has 1 fully saturated rings. The lowest BCUT2D eigenvalue weighted by atomic mass is 10.1. The first kappa shape index (κ1) is 18.0. The van der Waals surface area contributed by atoms with Gasteiger partial charge in [-0.25, -0.2) is 8.42 Å². The molecule has 0 N–H and O–H groups in total. The molecule has 0 unspecified atom stereocenters. The van der Waals surface area contributed by atoms with E-state index in [0.29, 0.717) is 36.8 Å². The van der Waals surface area contributed by atoms with E-state index in [4.69, 9.17) is 16.3 Å². The fourth-order valence-corrected chi connectivity index (χ4v) is 4.60. The number of sulfonamides is 1. The van der Waals surface area contributed by atoms with E-state index in [9.17, 15) is 8.42 Å². The summed E-state index contributed by atoms with van der Waals surface area (Å²) < 4.78 is 32.2. The number of ether oxygens (including phenoxy) is 1. The van der Waals surface area contributed by atoms with Gasteiger partial charge in [-0.1, -0.05) is 17.7 Å². The summed E-state index contributed by atoms with van der Waals surface area (Å²) in [7, 11) is -1.93. The zero-order valence-corrected chi connectivity index (χ0v) is 15.8. The van der Waals surface area contributed by atoms with Crippen molar-refractivity contribution in [1.29, 1.82) is 0 Å². The van der Waals surface area contributed by atoms with Crippen molar-refractivity contribution in [2.45, 2.75) is 11.8 Å². The highest BCUT2D eigenvalue weighted by molar-refractivity contribution is 7.89. The third kappa shape index (κ3) is 3.61.